The molecule has 1 atom stereocenters. The van der Waals surface area contributed by atoms with Crippen LogP contribution in [-0.4, -0.2) is 26.5 Å². The lowest BCUT2D eigenvalue weighted by atomic mass is 10.1. The van der Waals surface area contributed by atoms with E-state index in [1.807, 2.05) is 38.1 Å². The molecule has 0 spiro atoms. The molecular weight excluding hydrogens is 448 g/mol. The van der Waals surface area contributed by atoms with Crippen LogP contribution in [0.5, 0.6) is 0 Å². The van der Waals surface area contributed by atoms with Gasteiger partial charge in [0.25, 0.3) is 11.5 Å². The van der Waals surface area contributed by atoms with Crippen LogP contribution in [0.2, 0.25) is 0 Å². The Morgan fingerprint density at radius 2 is 2.00 bits per heavy atom. The number of aromatic amines is 1. The minimum atomic E-state index is -0.583. The van der Waals surface area contributed by atoms with Crippen LogP contribution in [0, 0.1) is 0 Å². The van der Waals surface area contributed by atoms with Crippen LogP contribution in [0.1, 0.15) is 54.2 Å². The largest absolute Gasteiger partial charge is 0.349 e. The van der Waals surface area contributed by atoms with Gasteiger partial charge in [0.15, 0.2) is 5.65 Å². The predicted octanol–water partition coefficient (Wildman–Crippen LogP) is 3.11. The van der Waals surface area contributed by atoms with E-state index in [1.54, 1.807) is 6.07 Å². The van der Waals surface area contributed by atoms with E-state index in [9.17, 15) is 14.4 Å². The van der Waals surface area contributed by atoms with Crippen molar-refractivity contribution in [3.8, 4) is 0 Å². The molecule has 0 radical (unpaired) electrons. The summed E-state index contributed by atoms with van der Waals surface area (Å²) in [6.45, 7) is 4.09. The number of hydrogen-bond donors (Lipinski definition) is 2. The molecule has 2 heterocycles. The Hall–Kier alpha value is -2.74. The highest BCUT2D eigenvalue weighted by Gasteiger charge is 2.28. The van der Waals surface area contributed by atoms with E-state index < -0.39 is 11.2 Å². The molecule has 0 saturated heterocycles. The van der Waals surface area contributed by atoms with Crippen LogP contribution >= 0.6 is 15.9 Å². The molecule has 4 rings (SSSR count). The summed E-state index contributed by atoms with van der Waals surface area (Å²) in [7, 11) is 0. The van der Waals surface area contributed by atoms with E-state index >= 15 is 0 Å². The third-order valence-electron chi connectivity index (χ3n) is 5.36. The lowest BCUT2D eigenvalue weighted by Crippen LogP contribution is -2.36. The van der Waals surface area contributed by atoms with Crippen LogP contribution in [0.3, 0.4) is 0 Å². The van der Waals surface area contributed by atoms with E-state index in [0.717, 1.165) is 28.6 Å². The molecule has 8 heteroatoms. The highest BCUT2D eigenvalue weighted by molar-refractivity contribution is 9.10. The third-order valence-corrected chi connectivity index (χ3v) is 5.89. The van der Waals surface area contributed by atoms with Gasteiger partial charge in [-0.3, -0.25) is 19.1 Å². The summed E-state index contributed by atoms with van der Waals surface area (Å²) >= 11 is 3.42. The normalized spacial score (nSPS) is 14.6. The fourth-order valence-electron chi connectivity index (χ4n) is 3.68. The average Bonchev–Trinajstić information content (AvgIpc) is 3.54. The van der Waals surface area contributed by atoms with Crippen molar-refractivity contribution >= 4 is 32.9 Å². The van der Waals surface area contributed by atoms with E-state index in [0.29, 0.717) is 13.0 Å². The number of nitrogens with zero attached hydrogens (tertiary/aromatic N) is 2. The molecule has 1 aromatic carbocycles. The average molecular weight is 471 g/mol. The molecule has 1 saturated carbocycles. The Labute approximate surface area is 181 Å². The number of halogens is 1. The third kappa shape index (κ3) is 4.09. The molecule has 3 aromatic rings. The SMILES string of the molecule is CCn1c(=O)[nH]c(=O)c2c(C(=O)NC(C)Cc3ccc(Br)cc3)cc(C3CC3)nc21. The molecule has 156 valence electrons. The van der Waals surface area contributed by atoms with Gasteiger partial charge >= 0.3 is 5.69 Å². The maximum atomic E-state index is 13.2. The molecule has 2 N–H and O–H groups in total. The molecule has 1 amide bonds. The first-order valence-electron chi connectivity index (χ1n) is 10.1. The van der Waals surface area contributed by atoms with Crippen LogP contribution < -0.4 is 16.6 Å². The molecule has 2 aromatic heterocycles. The van der Waals surface area contributed by atoms with Gasteiger partial charge in [-0.15, -0.1) is 0 Å². The summed E-state index contributed by atoms with van der Waals surface area (Å²) < 4.78 is 2.41. The summed E-state index contributed by atoms with van der Waals surface area (Å²) in [6.07, 6.45) is 2.66. The second kappa shape index (κ2) is 8.18. The molecule has 1 aliphatic rings. The Morgan fingerprint density at radius 1 is 1.30 bits per heavy atom. The van der Waals surface area contributed by atoms with Crippen molar-refractivity contribution in [2.45, 2.75) is 51.6 Å². The quantitative estimate of drug-likeness (QED) is 0.578. The van der Waals surface area contributed by atoms with Gasteiger partial charge in [0.1, 0.15) is 0 Å². The molecular formula is C22H23BrN4O3. The van der Waals surface area contributed by atoms with Crippen LogP contribution in [-0.2, 0) is 13.0 Å². The van der Waals surface area contributed by atoms with Gasteiger partial charge in [0.05, 0.1) is 10.9 Å². The second-order valence-electron chi connectivity index (χ2n) is 7.78. The van der Waals surface area contributed by atoms with Crippen LogP contribution in [0.15, 0.2) is 44.4 Å². The lowest BCUT2D eigenvalue weighted by Gasteiger charge is -2.16. The number of hydrogen-bond acceptors (Lipinski definition) is 4. The Bertz CT molecular complexity index is 1230. The number of amides is 1. The number of nitrogens with one attached hydrogen (secondary N) is 2. The smallest absolute Gasteiger partial charge is 0.329 e. The summed E-state index contributed by atoms with van der Waals surface area (Å²) in [6, 6.07) is 9.51. The van der Waals surface area contributed by atoms with Gasteiger partial charge in [0.2, 0.25) is 0 Å². The Kier molecular flexibility index (Phi) is 5.60. The predicted molar refractivity (Wildman–Crippen MR) is 119 cm³/mol. The van der Waals surface area contributed by atoms with E-state index in [4.69, 9.17) is 0 Å². The number of benzene rings is 1. The topological polar surface area (TPSA) is 96.9 Å². The van der Waals surface area contributed by atoms with Gasteiger partial charge < -0.3 is 5.32 Å². The van der Waals surface area contributed by atoms with Crippen molar-refractivity contribution in [3.63, 3.8) is 0 Å². The number of fused-ring (bicyclic) bond motifs is 1. The van der Waals surface area contributed by atoms with Gasteiger partial charge in [-0.1, -0.05) is 28.1 Å². The summed E-state index contributed by atoms with van der Waals surface area (Å²) in [5.41, 5.74) is 1.32. The molecule has 1 fully saturated rings. The molecule has 7 nitrogen and oxygen atoms in total. The summed E-state index contributed by atoms with van der Waals surface area (Å²) in [5.74, 6) is -0.0541. The van der Waals surface area contributed by atoms with Crippen LogP contribution in [0.4, 0.5) is 0 Å². The maximum absolute atomic E-state index is 13.2. The number of pyridine rings is 1. The van der Waals surface area contributed by atoms with Crippen molar-refractivity contribution < 1.29 is 4.79 Å². The fraction of sp³-hybridized carbons (Fsp3) is 0.364. The van der Waals surface area contributed by atoms with Gasteiger partial charge in [-0.25, -0.2) is 9.78 Å². The fourth-order valence-corrected chi connectivity index (χ4v) is 3.95. The minimum Gasteiger partial charge on any atom is -0.349 e. The monoisotopic (exact) mass is 470 g/mol. The van der Waals surface area contributed by atoms with E-state index in [2.05, 4.69) is 31.2 Å². The first-order chi connectivity index (χ1) is 14.4. The number of carbonyl (C=O) groups is 1. The highest BCUT2D eigenvalue weighted by atomic mass is 79.9. The van der Waals surface area contributed by atoms with Crippen molar-refractivity contribution in [1.82, 2.24) is 19.9 Å². The van der Waals surface area contributed by atoms with Gasteiger partial charge in [-0.2, -0.15) is 0 Å². The zero-order valence-corrected chi connectivity index (χ0v) is 18.5. The number of aryl methyl sites for hydroxylation is 1. The van der Waals surface area contributed by atoms with E-state index in [1.165, 1.54) is 4.57 Å². The molecule has 1 aliphatic carbocycles. The zero-order valence-electron chi connectivity index (χ0n) is 16.9. The molecule has 1 unspecified atom stereocenters. The highest BCUT2D eigenvalue weighted by Crippen LogP contribution is 2.39. The number of H-pyrrole nitrogens is 1. The van der Waals surface area contributed by atoms with Crippen molar-refractivity contribution in [1.29, 1.82) is 0 Å². The summed E-state index contributed by atoms with van der Waals surface area (Å²) in [4.78, 5) is 44.9. The number of carbonyl (C=O) groups excluding carboxylic acids is 1. The molecule has 30 heavy (non-hydrogen) atoms. The lowest BCUT2D eigenvalue weighted by molar-refractivity contribution is 0.0941. The van der Waals surface area contributed by atoms with Crippen LogP contribution in [0.25, 0.3) is 11.0 Å². The van der Waals surface area contributed by atoms with Crippen molar-refractivity contribution in [2.24, 2.45) is 0 Å². The second-order valence-corrected chi connectivity index (χ2v) is 8.69. The number of aromatic nitrogens is 3. The van der Waals surface area contributed by atoms with Crippen molar-refractivity contribution in [2.75, 3.05) is 0 Å². The Morgan fingerprint density at radius 3 is 2.63 bits per heavy atom. The standard InChI is InChI=1S/C22H23BrN4O3/c1-3-27-19-18(21(29)26-22(27)30)16(11-17(25-19)14-6-7-14)20(28)24-12(2)10-13-4-8-15(23)9-5-13/h4-5,8-9,11-12,14H,3,6-7,10H2,1-2H3,(H,24,28)(H,26,29,30). The molecule has 0 bridgehead atoms. The minimum absolute atomic E-state index is 0.137. The Balaban J connectivity index is 1.71. The van der Waals surface area contributed by atoms with Gasteiger partial charge in [-0.05, 0) is 56.9 Å². The summed E-state index contributed by atoms with van der Waals surface area (Å²) in [5, 5.41) is 3.16. The molecule has 0 aliphatic heterocycles. The first-order valence-corrected chi connectivity index (χ1v) is 10.9. The maximum Gasteiger partial charge on any atom is 0.329 e. The van der Waals surface area contributed by atoms with E-state index in [-0.39, 0.29) is 34.5 Å². The zero-order chi connectivity index (χ0) is 21.4. The first kappa shape index (κ1) is 20.5. The van der Waals surface area contributed by atoms with Crippen molar-refractivity contribution in [3.05, 3.63) is 72.5 Å². The van der Waals surface area contributed by atoms with Gasteiger partial charge in [0, 0.05) is 28.7 Å². The number of rotatable bonds is 6.